The van der Waals surface area contributed by atoms with E-state index < -0.39 is 54.4 Å². The summed E-state index contributed by atoms with van der Waals surface area (Å²) in [5.74, 6) is -2.80. The maximum Gasteiger partial charge on any atom is 0.243 e. The van der Waals surface area contributed by atoms with Gasteiger partial charge in [-0.2, -0.15) is 0 Å². The lowest BCUT2D eigenvalue weighted by molar-refractivity contribution is -0.133. The molecule has 0 saturated heterocycles. The molecule has 4 amide bonds. The van der Waals surface area contributed by atoms with E-state index in [1.165, 1.54) is 25.0 Å². The average Bonchev–Trinajstić information content (AvgIpc) is 3.56. The fraction of sp³-hybridized carbons (Fsp3) is 0.524. The fourth-order valence-corrected chi connectivity index (χ4v) is 3.34. The molecule has 0 fully saturated rings. The number of nitrogens with two attached hydrogens (primary N) is 3. The van der Waals surface area contributed by atoms with Crippen LogP contribution in [0.5, 0.6) is 0 Å². The number of aromatic nitrogens is 4. The first kappa shape index (κ1) is 28.4. The van der Waals surface area contributed by atoms with Crippen LogP contribution in [0, 0.1) is 0 Å². The molecule has 0 unspecified atom stereocenters. The molecule has 15 nitrogen and oxygen atoms in total. The molecule has 15 heteroatoms. The van der Waals surface area contributed by atoms with E-state index in [4.69, 9.17) is 17.2 Å². The summed E-state index contributed by atoms with van der Waals surface area (Å²) in [5.41, 5.74) is 17.6. The Kier molecular flexibility index (Phi) is 11.5. The maximum atomic E-state index is 13.2. The number of aromatic amines is 2. The number of carbonyl (C=O) groups excluding carboxylic acids is 4. The van der Waals surface area contributed by atoms with Gasteiger partial charge in [-0.3, -0.25) is 19.2 Å². The van der Waals surface area contributed by atoms with E-state index in [1.54, 1.807) is 0 Å². The van der Waals surface area contributed by atoms with Gasteiger partial charge in [-0.05, 0) is 25.8 Å². The molecule has 12 N–H and O–H groups in total. The summed E-state index contributed by atoms with van der Waals surface area (Å²) in [6.45, 7) is -0.185. The Balaban J connectivity index is 2.20. The molecule has 0 spiro atoms. The van der Waals surface area contributed by atoms with Crippen molar-refractivity contribution in [2.45, 2.75) is 56.3 Å². The van der Waals surface area contributed by atoms with Crippen LogP contribution in [0.15, 0.2) is 25.0 Å². The molecular formula is C21H34N10O5. The van der Waals surface area contributed by atoms with Gasteiger partial charge in [0.05, 0.1) is 19.3 Å². The van der Waals surface area contributed by atoms with E-state index in [-0.39, 0.29) is 12.8 Å². The second-order valence-electron chi connectivity index (χ2n) is 8.22. The minimum absolute atomic E-state index is 0.0110. The normalized spacial score (nSPS) is 14.3. The summed E-state index contributed by atoms with van der Waals surface area (Å²) in [6, 6.07) is -4.48. The van der Waals surface area contributed by atoms with Gasteiger partial charge in [-0.25, -0.2) is 9.97 Å². The van der Waals surface area contributed by atoms with Gasteiger partial charge in [0.25, 0.3) is 0 Å². The third-order valence-corrected chi connectivity index (χ3v) is 5.36. The van der Waals surface area contributed by atoms with Gasteiger partial charge in [0.2, 0.25) is 23.6 Å². The minimum atomic E-state index is -1.24. The van der Waals surface area contributed by atoms with Crippen LogP contribution in [0.25, 0.3) is 0 Å². The average molecular weight is 507 g/mol. The number of aliphatic hydroxyl groups is 1. The molecule has 2 rings (SSSR count). The van der Waals surface area contributed by atoms with Crippen molar-refractivity contribution in [2.24, 2.45) is 17.2 Å². The first-order valence-corrected chi connectivity index (χ1v) is 11.5. The van der Waals surface area contributed by atoms with E-state index >= 15 is 0 Å². The number of imidazole rings is 2. The van der Waals surface area contributed by atoms with Crippen LogP contribution in [0.1, 0.15) is 30.7 Å². The van der Waals surface area contributed by atoms with Crippen molar-refractivity contribution in [1.29, 1.82) is 0 Å². The highest BCUT2D eigenvalue weighted by Gasteiger charge is 2.30. The Labute approximate surface area is 207 Å². The monoisotopic (exact) mass is 506 g/mol. The molecule has 0 aromatic carbocycles. The number of aliphatic hydroxyl groups excluding tert-OH is 1. The molecule has 4 atom stereocenters. The highest BCUT2D eigenvalue weighted by molar-refractivity contribution is 5.94. The van der Waals surface area contributed by atoms with Crippen LogP contribution in [0.3, 0.4) is 0 Å². The predicted molar refractivity (Wildman–Crippen MR) is 128 cm³/mol. The lowest BCUT2D eigenvalue weighted by atomic mass is 10.1. The minimum Gasteiger partial charge on any atom is -0.394 e. The topological polar surface area (TPSA) is 260 Å². The molecule has 0 saturated carbocycles. The van der Waals surface area contributed by atoms with E-state index in [0.717, 1.165) is 0 Å². The second kappa shape index (κ2) is 14.6. The molecule has 0 aliphatic carbocycles. The Hall–Kier alpha value is -3.82. The Morgan fingerprint density at radius 2 is 1.36 bits per heavy atom. The molecule has 2 aromatic heterocycles. The second-order valence-corrected chi connectivity index (χ2v) is 8.22. The number of carbonyl (C=O) groups is 4. The maximum absolute atomic E-state index is 13.2. The number of rotatable bonds is 16. The van der Waals surface area contributed by atoms with Crippen LogP contribution in [0.2, 0.25) is 0 Å². The van der Waals surface area contributed by atoms with Crippen molar-refractivity contribution in [3.8, 4) is 0 Å². The zero-order valence-corrected chi connectivity index (χ0v) is 19.8. The molecule has 0 radical (unpaired) electrons. The molecule has 36 heavy (non-hydrogen) atoms. The predicted octanol–water partition coefficient (Wildman–Crippen LogP) is -3.69. The van der Waals surface area contributed by atoms with Gasteiger partial charge in [0.15, 0.2) is 0 Å². The van der Waals surface area contributed by atoms with E-state index in [0.29, 0.717) is 37.2 Å². The van der Waals surface area contributed by atoms with Gasteiger partial charge in [-0.15, -0.1) is 0 Å². The Morgan fingerprint density at radius 3 is 1.78 bits per heavy atom. The lowest BCUT2D eigenvalue weighted by Gasteiger charge is -2.25. The van der Waals surface area contributed by atoms with Crippen LogP contribution in [-0.4, -0.2) is 86.0 Å². The third kappa shape index (κ3) is 9.09. The summed E-state index contributed by atoms with van der Waals surface area (Å²) in [5, 5.41) is 16.9. The van der Waals surface area contributed by atoms with Gasteiger partial charge >= 0.3 is 0 Å². The number of nitrogens with one attached hydrogen (secondary N) is 5. The van der Waals surface area contributed by atoms with E-state index in [2.05, 4.69) is 35.9 Å². The zero-order chi connectivity index (χ0) is 26.5. The van der Waals surface area contributed by atoms with Gasteiger partial charge in [0.1, 0.15) is 24.2 Å². The number of hydrogen-bond donors (Lipinski definition) is 9. The molecular weight excluding hydrogens is 472 g/mol. The quantitative estimate of drug-likeness (QED) is 0.101. The highest BCUT2D eigenvalue weighted by Crippen LogP contribution is 2.06. The summed E-state index contributed by atoms with van der Waals surface area (Å²) < 4.78 is 0. The molecule has 0 aliphatic heterocycles. The summed E-state index contributed by atoms with van der Waals surface area (Å²) >= 11 is 0. The van der Waals surface area contributed by atoms with Crippen molar-refractivity contribution >= 4 is 23.6 Å². The van der Waals surface area contributed by atoms with Crippen molar-refractivity contribution in [2.75, 3.05) is 13.2 Å². The standard InChI is InChI=1S/C21H34N10O5/c22-4-2-1-3-15(18(24)33)29-20(35)17(6-13-8-26-11-28-13)31-21(36)16(5-12-7-25-10-27-12)30-19(34)14(23)9-32/h7-8,10-11,14-17,32H,1-6,9,22-23H2,(H2,24,33)(H,25,27)(H,26,28)(H,29,35)(H,30,34)(H,31,36)/t14-,15-,16-,17-/m0/s1. The summed E-state index contributed by atoms with van der Waals surface area (Å²) in [4.78, 5) is 64.0. The zero-order valence-electron chi connectivity index (χ0n) is 19.8. The number of nitrogens with zero attached hydrogens (tertiary/aromatic N) is 2. The largest absolute Gasteiger partial charge is 0.394 e. The van der Waals surface area contributed by atoms with Crippen LogP contribution in [-0.2, 0) is 32.0 Å². The fourth-order valence-electron chi connectivity index (χ4n) is 3.34. The molecule has 0 bridgehead atoms. The highest BCUT2D eigenvalue weighted by atomic mass is 16.3. The number of H-pyrrole nitrogens is 2. The van der Waals surface area contributed by atoms with Gasteiger partial charge in [0, 0.05) is 36.6 Å². The van der Waals surface area contributed by atoms with Crippen LogP contribution < -0.4 is 33.2 Å². The molecule has 198 valence electrons. The SMILES string of the molecule is NCCCC[C@H](NC(=O)[C@H](Cc1cnc[nH]1)NC(=O)[C@H](Cc1cnc[nH]1)NC(=O)[C@@H](N)CO)C(N)=O. The van der Waals surface area contributed by atoms with Crippen molar-refractivity contribution < 1.29 is 24.3 Å². The number of hydrogen-bond acceptors (Lipinski definition) is 9. The Bertz CT molecular complexity index is 966. The van der Waals surface area contributed by atoms with Crippen LogP contribution >= 0.6 is 0 Å². The van der Waals surface area contributed by atoms with E-state index in [9.17, 15) is 24.3 Å². The summed E-state index contributed by atoms with van der Waals surface area (Å²) in [6.07, 6.45) is 7.35. The molecule has 0 aliphatic rings. The van der Waals surface area contributed by atoms with Crippen molar-refractivity contribution in [3.05, 3.63) is 36.4 Å². The third-order valence-electron chi connectivity index (χ3n) is 5.36. The number of amides is 4. The van der Waals surface area contributed by atoms with Crippen molar-refractivity contribution in [3.63, 3.8) is 0 Å². The number of primary amides is 1. The summed E-state index contributed by atoms with van der Waals surface area (Å²) in [7, 11) is 0. The smallest absolute Gasteiger partial charge is 0.243 e. The van der Waals surface area contributed by atoms with Gasteiger partial charge < -0.3 is 48.2 Å². The van der Waals surface area contributed by atoms with Crippen LogP contribution in [0.4, 0.5) is 0 Å². The van der Waals surface area contributed by atoms with E-state index in [1.807, 2.05) is 0 Å². The van der Waals surface area contributed by atoms with Gasteiger partial charge in [-0.1, -0.05) is 0 Å². The molecule has 2 heterocycles. The van der Waals surface area contributed by atoms with Crippen molar-refractivity contribution in [1.82, 2.24) is 35.9 Å². The Morgan fingerprint density at radius 1 is 0.861 bits per heavy atom. The molecule has 2 aromatic rings. The first-order chi connectivity index (χ1) is 17.2. The number of unbranched alkanes of at least 4 members (excludes halogenated alkanes) is 1. The first-order valence-electron chi connectivity index (χ1n) is 11.5. The lowest BCUT2D eigenvalue weighted by Crippen LogP contribution is -2.58.